The van der Waals surface area contributed by atoms with E-state index in [9.17, 15) is 22.0 Å². The molecule has 0 spiro atoms. The second kappa shape index (κ2) is 6.32. The Bertz CT molecular complexity index is 877. The second-order valence-electron chi connectivity index (χ2n) is 5.62. The number of anilines is 1. The standard InChI is InChI=1S/C17H15F2NO3S/c18-17(19)24(22,23)15-8-5-12(6-9-15)16(21)20-14-7-4-11-2-1-3-13(11)10-14/h4-10,17H,1-3H2,(H,20,21). The molecular weight excluding hydrogens is 336 g/mol. The maximum Gasteiger partial charge on any atom is 0.341 e. The summed E-state index contributed by atoms with van der Waals surface area (Å²) in [4.78, 5) is 11.7. The fourth-order valence-electron chi connectivity index (χ4n) is 2.75. The van der Waals surface area contributed by atoms with Gasteiger partial charge in [0.2, 0.25) is 9.84 Å². The molecule has 0 fully saturated rings. The van der Waals surface area contributed by atoms with Crippen molar-refractivity contribution in [3.63, 3.8) is 0 Å². The zero-order valence-electron chi connectivity index (χ0n) is 12.6. The van der Waals surface area contributed by atoms with Gasteiger partial charge in [-0.3, -0.25) is 4.79 Å². The monoisotopic (exact) mass is 351 g/mol. The first-order chi connectivity index (χ1) is 11.4. The lowest BCUT2D eigenvalue weighted by molar-refractivity contribution is 0.102. The topological polar surface area (TPSA) is 63.2 Å². The zero-order valence-corrected chi connectivity index (χ0v) is 13.4. The molecule has 0 saturated heterocycles. The van der Waals surface area contributed by atoms with Gasteiger partial charge in [0.1, 0.15) is 0 Å². The van der Waals surface area contributed by atoms with Crippen molar-refractivity contribution in [1.29, 1.82) is 0 Å². The molecule has 0 unspecified atom stereocenters. The Balaban J connectivity index is 1.76. The number of carbonyl (C=O) groups is 1. The quantitative estimate of drug-likeness (QED) is 0.918. The van der Waals surface area contributed by atoms with Crippen LogP contribution in [0.1, 0.15) is 27.9 Å². The molecule has 2 aromatic carbocycles. The first-order valence-corrected chi connectivity index (χ1v) is 8.98. The van der Waals surface area contributed by atoms with Gasteiger partial charge in [0.15, 0.2) is 0 Å². The first-order valence-electron chi connectivity index (χ1n) is 7.43. The number of halogens is 2. The third kappa shape index (κ3) is 3.17. The largest absolute Gasteiger partial charge is 0.341 e. The molecule has 24 heavy (non-hydrogen) atoms. The molecule has 1 N–H and O–H groups in total. The van der Waals surface area contributed by atoms with Gasteiger partial charge in [0.05, 0.1) is 4.90 Å². The highest BCUT2D eigenvalue weighted by Crippen LogP contribution is 2.25. The molecule has 1 amide bonds. The highest BCUT2D eigenvalue weighted by atomic mass is 32.2. The van der Waals surface area contributed by atoms with Crippen molar-refractivity contribution < 1.29 is 22.0 Å². The normalized spacial score (nSPS) is 13.8. The van der Waals surface area contributed by atoms with Crippen LogP contribution in [0.15, 0.2) is 47.4 Å². The molecule has 7 heteroatoms. The van der Waals surface area contributed by atoms with Crippen LogP contribution in [0, 0.1) is 0 Å². The Morgan fingerprint density at radius 1 is 1.00 bits per heavy atom. The Morgan fingerprint density at radius 2 is 1.67 bits per heavy atom. The number of sulfone groups is 1. The van der Waals surface area contributed by atoms with Gasteiger partial charge in [-0.1, -0.05) is 6.07 Å². The molecule has 1 aliphatic rings. The molecule has 0 radical (unpaired) electrons. The summed E-state index contributed by atoms with van der Waals surface area (Å²) in [5, 5.41) is 2.73. The predicted molar refractivity (Wildman–Crippen MR) is 86.1 cm³/mol. The number of amides is 1. The maximum atomic E-state index is 12.5. The highest BCUT2D eigenvalue weighted by Gasteiger charge is 2.26. The molecule has 3 rings (SSSR count). The first kappa shape index (κ1) is 16.6. The number of aryl methyl sites for hydroxylation is 2. The summed E-state index contributed by atoms with van der Waals surface area (Å²) in [6.45, 7) is 0. The molecule has 0 saturated carbocycles. The van der Waals surface area contributed by atoms with E-state index < -0.39 is 26.4 Å². The third-order valence-corrected chi connectivity index (χ3v) is 5.43. The number of alkyl halides is 2. The Kier molecular flexibility index (Phi) is 4.36. The smallest absolute Gasteiger partial charge is 0.322 e. The van der Waals surface area contributed by atoms with Gasteiger partial charge >= 0.3 is 5.76 Å². The van der Waals surface area contributed by atoms with E-state index in [1.807, 2.05) is 18.2 Å². The summed E-state index contributed by atoms with van der Waals surface area (Å²) in [7, 11) is -4.65. The van der Waals surface area contributed by atoms with Crippen molar-refractivity contribution >= 4 is 21.4 Å². The Hall–Kier alpha value is -2.28. The molecule has 2 aromatic rings. The van der Waals surface area contributed by atoms with Crippen LogP contribution in [0.2, 0.25) is 0 Å². The average molecular weight is 351 g/mol. The minimum Gasteiger partial charge on any atom is -0.322 e. The van der Waals surface area contributed by atoms with E-state index in [2.05, 4.69) is 5.32 Å². The summed E-state index contributed by atoms with van der Waals surface area (Å²) in [6.07, 6.45) is 3.13. The van der Waals surface area contributed by atoms with Crippen LogP contribution < -0.4 is 5.32 Å². The highest BCUT2D eigenvalue weighted by molar-refractivity contribution is 7.91. The molecule has 126 valence electrons. The lowest BCUT2D eigenvalue weighted by atomic mass is 10.1. The van der Waals surface area contributed by atoms with Crippen molar-refractivity contribution in [1.82, 2.24) is 0 Å². The van der Waals surface area contributed by atoms with E-state index in [4.69, 9.17) is 0 Å². The number of fused-ring (bicyclic) bond motifs is 1. The van der Waals surface area contributed by atoms with Crippen molar-refractivity contribution in [2.45, 2.75) is 29.9 Å². The van der Waals surface area contributed by atoms with Gasteiger partial charge in [0, 0.05) is 11.3 Å². The minimum atomic E-state index is -4.65. The van der Waals surface area contributed by atoms with E-state index in [1.165, 1.54) is 23.3 Å². The van der Waals surface area contributed by atoms with Crippen LogP contribution in [0.5, 0.6) is 0 Å². The molecule has 0 bridgehead atoms. The average Bonchev–Trinajstić information content (AvgIpc) is 3.02. The molecule has 0 aromatic heterocycles. The van der Waals surface area contributed by atoms with Gasteiger partial charge in [0.25, 0.3) is 5.91 Å². The van der Waals surface area contributed by atoms with E-state index in [0.29, 0.717) is 5.69 Å². The van der Waals surface area contributed by atoms with Gasteiger partial charge in [-0.2, -0.15) is 8.78 Å². The summed E-state index contributed by atoms with van der Waals surface area (Å²) < 4.78 is 47.7. The van der Waals surface area contributed by atoms with Crippen LogP contribution in [-0.4, -0.2) is 20.1 Å². The van der Waals surface area contributed by atoms with E-state index in [0.717, 1.165) is 31.4 Å². The number of rotatable bonds is 4. The van der Waals surface area contributed by atoms with Gasteiger partial charge < -0.3 is 5.32 Å². The van der Waals surface area contributed by atoms with Crippen LogP contribution in [0.3, 0.4) is 0 Å². The number of hydrogen-bond acceptors (Lipinski definition) is 3. The lowest BCUT2D eigenvalue weighted by Crippen LogP contribution is -2.14. The van der Waals surface area contributed by atoms with E-state index in [-0.39, 0.29) is 5.56 Å². The minimum absolute atomic E-state index is 0.198. The van der Waals surface area contributed by atoms with Crippen LogP contribution >= 0.6 is 0 Å². The summed E-state index contributed by atoms with van der Waals surface area (Å²) in [5.41, 5.74) is 3.36. The van der Waals surface area contributed by atoms with Gasteiger partial charge in [-0.15, -0.1) is 0 Å². The van der Waals surface area contributed by atoms with Crippen molar-refractivity contribution in [2.75, 3.05) is 5.32 Å². The molecule has 4 nitrogen and oxygen atoms in total. The van der Waals surface area contributed by atoms with Crippen LogP contribution in [-0.2, 0) is 22.7 Å². The molecule has 0 atom stereocenters. The van der Waals surface area contributed by atoms with Crippen LogP contribution in [0.4, 0.5) is 14.5 Å². The van der Waals surface area contributed by atoms with Crippen molar-refractivity contribution in [2.24, 2.45) is 0 Å². The maximum absolute atomic E-state index is 12.5. The SMILES string of the molecule is O=C(Nc1ccc2c(c1)CCC2)c1ccc(S(=O)(=O)C(F)F)cc1. The summed E-state index contributed by atoms with van der Waals surface area (Å²) >= 11 is 0. The van der Waals surface area contributed by atoms with E-state index >= 15 is 0 Å². The Labute approximate surface area is 138 Å². The van der Waals surface area contributed by atoms with Gasteiger partial charge in [-0.25, -0.2) is 8.42 Å². The second-order valence-corrected chi connectivity index (χ2v) is 7.54. The molecular formula is C17H15F2NO3S. The van der Waals surface area contributed by atoms with E-state index in [1.54, 1.807) is 0 Å². The van der Waals surface area contributed by atoms with Gasteiger partial charge in [-0.05, 0) is 66.8 Å². The van der Waals surface area contributed by atoms with Crippen molar-refractivity contribution in [3.05, 3.63) is 59.2 Å². The molecule has 0 aliphatic heterocycles. The molecule has 0 heterocycles. The summed E-state index contributed by atoms with van der Waals surface area (Å²) in [5.74, 6) is -3.91. The number of carbonyl (C=O) groups excluding carboxylic acids is 1. The van der Waals surface area contributed by atoms with Crippen molar-refractivity contribution in [3.8, 4) is 0 Å². The lowest BCUT2D eigenvalue weighted by Gasteiger charge is -2.08. The Morgan fingerprint density at radius 3 is 2.33 bits per heavy atom. The predicted octanol–water partition coefficient (Wildman–Crippen LogP) is 3.42. The fourth-order valence-corrected chi connectivity index (χ4v) is 3.47. The third-order valence-electron chi connectivity index (χ3n) is 4.04. The number of hydrogen-bond donors (Lipinski definition) is 1. The molecule has 1 aliphatic carbocycles. The summed E-state index contributed by atoms with van der Waals surface area (Å²) in [6, 6.07) is 10.2. The zero-order chi connectivity index (χ0) is 17.3. The fraction of sp³-hybridized carbons (Fsp3) is 0.235. The van der Waals surface area contributed by atoms with Crippen LogP contribution in [0.25, 0.3) is 0 Å². The number of nitrogens with one attached hydrogen (secondary N) is 1. The number of benzene rings is 2.